The number of fused-ring (bicyclic) bond motifs is 2. The Morgan fingerprint density at radius 3 is 1.83 bits per heavy atom. The molecule has 136 valence electrons. The van der Waals surface area contributed by atoms with E-state index in [0.29, 0.717) is 6.42 Å². The van der Waals surface area contributed by atoms with Crippen molar-refractivity contribution in [3.05, 3.63) is 0 Å². The van der Waals surface area contributed by atoms with Gasteiger partial charge in [-0.15, -0.1) is 0 Å². The minimum absolute atomic E-state index is 0.274. The molecule has 0 amide bonds. The summed E-state index contributed by atoms with van der Waals surface area (Å²) in [5.41, 5.74) is -1.69. The first-order chi connectivity index (χ1) is 10.0. The first-order valence-electron chi connectivity index (χ1n) is 7.22. The molecule has 2 aliphatic carbocycles. The Balaban J connectivity index is 2.40. The molecule has 0 aromatic rings. The van der Waals surface area contributed by atoms with Crippen molar-refractivity contribution in [1.29, 1.82) is 0 Å². The van der Waals surface area contributed by atoms with Gasteiger partial charge in [0.25, 0.3) is 0 Å². The number of alkyl halides is 7. The highest BCUT2D eigenvalue weighted by atomic mass is 19.4. The summed E-state index contributed by atoms with van der Waals surface area (Å²) >= 11 is 0. The van der Waals surface area contributed by atoms with Crippen LogP contribution < -0.4 is 0 Å². The van der Waals surface area contributed by atoms with Gasteiger partial charge in [-0.05, 0) is 29.6 Å². The Morgan fingerprint density at radius 2 is 1.48 bits per heavy atom. The van der Waals surface area contributed by atoms with Crippen LogP contribution >= 0.6 is 0 Å². The summed E-state index contributed by atoms with van der Waals surface area (Å²) in [6.45, 7) is 4.85. The normalized spacial score (nSPS) is 38.9. The molecule has 0 radical (unpaired) electrons. The van der Waals surface area contributed by atoms with Gasteiger partial charge in [0.05, 0.1) is 6.10 Å². The molecule has 0 spiro atoms. The zero-order valence-electron chi connectivity index (χ0n) is 12.8. The molecule has 9 heteroatoms. The van der Waals surface area contributed by atoms with Gasteiger partial charge in [0.15, 0.2) is 0 Å². The molecule has 2 rings (SSSR count). The summed E-state index contributed by atoms with van der Waals surface area (Å²) in [4.78, 5) is 0. The lowest BCUT2D eigenvalue weighted by Crippen LogP contribution is -2.61. The molecule has 0 heterocycles. The van der Waals surface area contributed by atoms with Crippen molar-refractivity contribution in [1.82, 2.24) is 0 Å². The zero-order chi connectivity index (χ0) is 18.2. The van der Waals surface area contributed by atoms with Gasteiger partial charge >= 0.3 is 18.0 Å². The standard InChI is InChI=1S/C14H19F7O2/c1-10(2)6-4-5-11(10,3)8(22)7(6)9(23)12(15,16)13(17,18)14(19,20)21/h6-9,22-23H,4-5H2,1-3H3/t6-,7-,8-,9?,11+/m1/s1. The second-order valence-electron chi connectivity index (χ2n) is 7.45. The van der Waals surface area contributed by atoms with Crippen LogP contribution in [0.25, 0.3) is 0 Å². The molecular formula is C14H19F7O2. The van der Waals surface area contributed by atoms with Crippen LogP contribution in [0.1, 0.15) is 33.6 Å². The highest BCUT2D eigenvalue weighted by molar-refractivity contribution is 5.17. The Hall–Kier alpha value is -0.570. The molecular weight excluding hydrogens is 333 g/mol. The number of hydrogen-bond donors (Lipinski definition) is 2. The minimum atomic E-state index is -6.50. The fourth-order valence-corrected chi connectivity index (χ4v) is 4.42. The van der Waals surface area contributed by atoms with E-state index in [-0.39, 0.29) is 6.42 Å². The van der Waals surface area contributed by atoms with E-state index in [1.807, 2.05) is 0 Å². The van der Waals surface area contributed by atoms with Gasteiger partial charge in [0.2, 0.25) is 0 Å². The SMILES string of the molecule is CC1(C)[C@@H]2CC[C@@]1(C)[C@H](O)[C@@H]2C(O)C(F)(F)C(F)(F)C(F)(F)F. The van der Waals surface area contributed by atoms with Crippen LogP contribution in [-0.2, 0) is 0 Å². The van der Waals surface area contributed by atoms with E-state index < -0.39 is 52.9 Å². The number of hydrogen-bond acceptors (Lipinski definition) is 2. The minimum Gasteiger partial charge on any atom is -0.392 e. The average Bonchev–Trinajstić information content (AvgIpc) is 2.68. The molecule has 1 unspecified atom stereocenters. The van der Waals surface area contributed by atoms with Crippen LogP contribution in [0.4, 0.5) is 30.7 Å². The molecule has 2 saturated carbocycles. The molecule has 5 atom stereocenters. The molecule has 0 saturated heterocycles. The highest BCUT2D eigenvalue weighted by Crippen LogP contribution is 2.69. The summed E-state index contributed by atoms with van der Waals surface area (Å²) in [6.07, 6.45) is -10.7. The molecule has 2 fully saturated rings. The Kier molecular flexibility index (Phi) is 3.87. The third-order valence-corrected chi connectivity index (χ3v) is 6.37. The molecule has 2 aliphatic rings. The van der Waals surface area contributed by atoms with Gasteiger partial charge in [-0.2, -0.15) is 30.7 Å². The first kappa shape index (κ1) is 18.8. The molecule has 0 aromatic carbocycles. The molecule has 0 aliphatic heterocycles. The lowest BCUT2D eigenvalue weighted by Gasteiger charge is -2.40. The number of aliphatic hydroxyl groups excluding tert-OH is 2. The zero-order valence-corrected chi connectivity index (χ0v) is 12.8. The van der Waals surface area contributed by atoms with E-state index in [1.54, 1.807) is 20.8 Å². The summed E-state index contributed by atoms with van der Waals surface area (Å²) < 4.78 is 90.7. The fourth-order valence-electron chi connectivity index (χ4n) is 4.42. The smallest absolute Gasteiger partial charge is 0.392 e. The van der Waals surface area contributed by atoms with E-state index in [4.69, 9.17) is 0 Å². The molecule has 2 nitrogen and oxygen atoms in total. The van der Waals surface area contributed by atoms with E-state index in [0.717, 1.165) is 0 Å². The van der Waals surface area contributed by atoms with Crippen LogP contribution in [0.5, 0.6) is 0 Å². The third-order valence-electron chi connectivity index (χ3n) is 6.37. The summed E-state index contributed by atoms with van der Waals surface area (Å²) in [6, 6.07) is 0. The number of halogens is 7. The Bertz CT molecular complexity index is 488. The topological polar surface area (TPSA) is 40.5 Å². The Morgan fingerprint density at radius 1 is 1.00 bits per heavy atom. The van der Waals surface area contributed by atoms with Crippen molar-refractivity contribution in [2.45, 2.75) is 63.8 Å². The largest absolute Gasteiger partial charge is 0.459 e. The van der Waals surface area contributed by atoms with Gasteiger partial charge in [-0.3, -0.25) is 0 Å². The fraction of sp³-hybridized carbons (Fsp3) is 1.00. The van der Waals surface area contributed by atoms with Crippen molar-refractivity contribution >= 4 is 0 Å². The van der Waals surface area contributed by atoms with Gasteiger partial charge in [-0.25, -0.2) is 0 Å². The van der Waals surface area contributed by atoms with Crippen LogP contribution in [0.2, 0.25) is 0 Å². The van der Waals surface area contributed by atoms with E-state index in [9.17, 15) is 40.9 Å². The summed E-state index contributed by atoms with van der Waals surface area (Å²) in [5.74, 6) is -14.6. The van der Waals surface area contributed by atoms with E-state index in [1.165, 1.54) is 0 Å². The van der Waals surface area contributed by atoms with Crippen LogP contribution in [-0.4, -0.2) is 40.4 Å². The molecule has 23 heavy (non-hydrogen) atoms. The van der Waals surface area contributed by atoms with Gasteiger partial charge in [0, 0.05) is 5.92 Å². The lowest BCUT2D eigenvalue weighted by molar-refractivity contribution is -0.377. The van der Waals surface area contributed by atoms with Crippen LogP contribution in [0, 0.1) is 22.7 Å². The molecule has 2 N–H and O–H groups in total. The van der Waals surface area contributed by atoms with E-state index >= 15 is 0 Å². The van der Waals surface area contributed by atoms with Gasteiger partial charge < -0.3 is 10.2 Å². The third kappa shape index (κ3) is 2.08. The monoisotopic (exact) mass is 352 g/mol. The van der Waals surface area contributed by atoms with Gasteiger partial charge in [0.1, 0.15) is 6.10 Å². The highest BCUT2D eigenvalue weighted by Gasteiger charge is 2.79. The number of rotatable bonds is 3. The molecule has 2 bridgehead atoms. The summed E-state index contributed by atoms with van der Waals surface area (Å²) in [7, 11) is 0. The predicted octanol–water partition coefficient (Wildman–Crippen LogP) is 3.61. The predicted molar refractivity (Wildman–Crippen MR) is 66.1 cm³/mol. The quantitative estimate of drug-likeness (QED) is 0.762. The lowest BCUT2D eigenvalue weighted by atomic mass is 9.70. The van der Waals surface area contributed by atoms with Crippen molar-refractivity contribution in [3.8, 4) is 0 Å². The van der Waals surface area contributed by atoms with E-state index in [2.05, 4.69) is 0 Å². The van der Waals surface area contributed by atoms with Crippen molar-refractivity contribution in [2.75, 3.05) is 0 Å². The Labute approximate surface area is 128 Å². The van der Waals surface area contributed by atoms with Crippen LogP contribution in [0.15, 0.2) is 0 Å². The van der Waals surface area contributed by atoms with Gasteiger partial charge in [-0.1, -0.05) is 20.8 Å². The molecule has 0 aromatic heterocycles. The second kappa shape index (κ2) is 4.74. The second-order valence-corrected chi connectivity index (χ2v) is 7.45. The maximum absolute atomic E-state index is 13.8. The van der Waals surface area contributed by atoms with Crippen molar-refractivity contribution < 1.29 is 40.9 Å². The summed E-state index contributed by atoms with van der Waals surface area (Å²) in [5, 5.41) is 20.0. The maximum Gasteiger partial charge on any atom is 0.459 e. The van der Waals surface area contributed by atoms with Crippen LogP contribution in [0.3, 0.4) is 0 Å². The van der Waals surface area contributed by atoms with Crippen molar-refractivity contribution in [3.63, 3.8) is 0 Å². The first-order valence-corrected chi connectivity index (χ1v) is 7.22. The maximum atomic E-state index is 13.8. The number of aliphatic hydroxyl groups is 2. The van der Waals surface area contributed by atoms with Crippen molar-refractivity contribution in [2.24, 2.45) is 22.7 Å². The average molecular weight is 352 g/mol.